The van der Waals surface area contributed by atoms with Gasteiger partial charge in [-0.15, -0.1) is 11.3 Å². The molecule has 1 aromatic heterocycles. The lowest BCUT2D eigenvalue weighted by molar-refractivity contribution is -0.138. The van der Waals surface area contributed by atoms with Gasteiger partial charge in [-0.2, -0.15) is 0 Å². The van der Waals surface area contributed by atoms with Crippen molar-refractivity contribution in [1.29, 1.82) is 0 Å². The van der Waals surface area contributed by atoms with Gasteiger partial charge in [-0.3, -0.25) is 4.79 Å². The molecule has 2 amide bonds. The van der Waals surface area contributed by atoms with Gasteiger partial charge >= 0.3 is 12.0 Å². The zero-order chi connectivity index (χ0) is 14.4. The number of carboxylic acid groups (broad SMARTS) is 1. The number of thiazole rings is 1. The summed E-state index contributed by atoms with van der Waals surface area (Å²) in [6, 6.07) is -0.596. The number of rotatable bonds is 6. The van der Waals surface area contributed by atoms with Gasteiger partial charge in [-0.05, 0) is 20.8 Å². The fraction of sp³-hybridized carbons (Fsp3) is 0.583. The molecular weight excluding hydrogens is 266 g/mol. The predicted molar refractivity (Wildman–Crippen MR) is 73.2 cm³/mol. The number of hydrogen-bond donors (Lipinski definition) is 2. The average Bonchev–Trinajstić information content (AvgIpc) is 2.72. The first-order valence-electron chi connectivity index (χ1n) is 6.11. The Hall–Kier alpha value is -1.63. The quantitative estimate of drug-likeness (QED) is 0.835. The van der Waals surface area contributed by atoms with E-state index >= 15 is 0 Å². The summed E-state index contributed by atoms with van der Waals surface area (Å²) in [5, 5.41) is 14.4. The van der Waals surface area contributed by atoms with Crippen LogP contribution in [0.3, 0.4) is 0 Å². The third-order valence-corrected chi connectivity index (χ3v) is 3.51. The van der Waals surface area contributed by atoms with Crippen LogP contribution in [0.5, 0.6) is 0 Å². The number of hydrogen-bond acceptors (Lipinski definition) is 4. The number of aryl methyl sites for hydroxylation is 1. The monoisotopic (exact) mass is 285 g/mol. The highest BCUT2D eigenvalue weighted by molar-refractivity contribution is 7.09. The Kier molecular flexibility index (Phi) is 5.75. The van der Waals surface area contributed by atoms with Crippen LogP contribution in [-0.4, -0.2) is 39.6 Å². The first-order chi connectivity index (χ1) is 8.93. The highest BCUT2D eigenvalue weighted by Crippen LogP contribution is 2.08. The highest BCUT2D eigenvalue weighted by Gasteiger charge is 2.20. The topological polar surface area (TPSA) is 82.5 Å². The smallest absolute Gasteiger partial charge is 0.317 e. The maximum absolute atomic E-state index is 12.0. The fourth-order valence-electron chi connectivity index (χ4n) is 1.78. The Morgan fingerprint density at radius 3 is 2.74 bits per heavy atom. The van der Waals surface area contributed by atoms with Crippen LogP contribution in [0.4, 0.5) is 4.79 Å². The Bertz CT molecular complexity index is 447. The van der Waals surface area contributed by atoms with E-state index in [1.807, 2.05) is 19.2 Å². The van der Waals surface area contributed by atoms with Gasteiger partial charge in [0.2, 0.25) is 0 Å². The molecule has 0 aliphatic carbocycles. The molecule has 2 N–H and O–H groups in total. The Balaban J connectivity index is 2.51. The number of carbonyl (C=O) groups is 2. The SMILES string of the molecule is CCN(C(=O)NCc1csc(C)n1)C(C)CC(=O)O. The summed E-state index contributed by atoms with van der Waals surface area (Å²) in [6.07, 6.45) is -0.0585. The van der Waals surface area contributed by atoms with Gasteiger partial charge in [0.25, 0.3) is 0 Å². The van der Waals surface area contributed by atoms with E-state index in [9.17, 15) is 9.59 Å². The summed E-state index contributed by atoms with van der Waals surface area (Å²) in [6.45, 7) is 6.29. The van der Waals surface area contributed by atoms with Crippen molar-refractivity contribution in [1.82, 2.24) is 15.2 Å². The number of nitrogens with one attached hydrogen (secondary N) is 1. The summed E-state index contributed by atoms with van der Waals surface area (Å²) in [5.41, 5.74) is 0.817. The van der Waals surface area contributed by atoms with Crippen molar-refractivity contribution >= 4 is 23.3 Å². The molecule has 106 valence electrons. The average molecular weight is 285 g/mol. The summed E-state index contributed by atoms with van der Waals surface area (Å²) >= 11 is 1.53. The molecule has 0 spiro atoms. The molecule has 0 aromatic carbocycles. The minimum absolute atomic E-state index is 0.0585. The van der Waals surface area contributed by atoms with Crippen LogP contribution in [0.2, 0.25) is 0 Å². The van der Waals surface area contributed by atoms with E-state index in [-0.39, 0.29) is 18.5 Å². The predicted octanol–water partition coefficient (Wildman–Crippen LogP) is 1.85. The summed E-state index contributed by atoms with van der Waals surface area (Å²) in [4.78, 5) is 28.4. The van der Waals surface area contributed by atoms with Crippen molar-refractivity contribution in [3.63, 3.8) is 0 Å². The molecule has 1 aromatic rings. The zero-order valence-electron chi connectivity index (χ0n) is 11.3. The maximum atomic E-state index is 12.0. The lowest BCUT2D eigenvalue weighted by Gasteiger charge is -2.27. The van der Waals surface area contributed by atoms with Gasteiger partial charge in [0, 0.05) is 18.0 Å². The molecule has 0 radical (unpaired) electrons. The molecule has 1 rings (SSSR count). The Morgan fingerprint density at radius 1 is 1.58 bits per heavy atom. The fourth-order valence-corrected chi connectivity index (χ4v) is 2.39. The lowest BCUT2D eigenvalue weighted by atomic mass is 10.2. The van der Waals surface area contributed by atoms with Crippen LogP contribution in [0.25, 0.3) is 0 Å². The number of amides is 2. The first kappa shape index (κ1) is 15.4. The van der Waals surface area contributed by atoms with Gasteiger partial charge in [-0.25, -0.2) is 9.78 Å². The van der Waals surface area contributed by atoms with Crippen LogP contribution < -0.4 is 5.32 Å². The minimum Gasteiger partial charge on any atom is -0.481 e. The van der Waals surface area contributed by atoms with Crippen molar-refractivity contribution in [3.8, 4) is 0 Å². The van der Waals surface area contributed by atoms with E-state index < -0.39 is 5.97 Å². The van der Waals surface area contributed by atoms with Crippen LogP contribution >= 0.6 is 11.3 Å². The van der Waals surface area contributed by atoms with Gasteiger partial charge in [0.05, 0.1) is 23.7 Å². The molecule has 0 aliphatic heterocycles. The van der Waals surface area contributed by atoms with Crippen LogP contribution in [0, 0.1) is 6.92 Å². The molecular formula is C12H19N3O3S. The van der Waals surface area contributed by atoms with Crippen LogP contribution in [0.15, 0.2) is 5.38 Å². The van der Waals surface area contributed by atoms with E-state index in [1.54, 1.807) is 6.92 Å². The van der Waals surface area contributed by atoms with Gasteiger partial charge in [0.15, 0.2) is 0 Å². The van der Waals surface area contributed by atoms with Crippen molar-refractivity contribution in [2.24, 2.45) is 0 Å². The zero-order valence-corrected chi connectivity index (χ0v) is 12.2. The molecule has 0 saturated heterocycles. The molecule has 19 heavy (non-hydrogen) atoms. The van der Waals surface area contributed by atoms with Gasteiger partial charge in [0.1, 0.15) is 0 Å². The lowest BCUT2D eigenvalue weighted by Crippen LogP contribution is -2.45. The number of carboxylic acids is 1. The largest absolute Gasteiger partial charge is 0.481 e. The van der Waals surface area contributed by atoms with Gasteiger partial charge in [-0.1, -0.05) is 0 Å². The first-order valence-corrected chi connectivity index (χ1v) is 6.99. The van der Waals surface area contributed by atoms with Crippen molar-refractivity contribution < 1.29 is 14.7 Å². The molecule has 6 nitrogen and oxygen atoms in total. The normalized spacial score (nSPS) is 11.9. The standard InChI is InChI=1S/C12H19N3O3S/c1-4-15(8(2)5-11(16)17)12(18)13-6-10-7-19-9(3)14-10/h7-8H,4-6H2,1-3H3,(H,13,18)(H,16,17). The van der Waals surface area contributed by atoms with E-state index in [4.69, 9.17) is 5.11 Å². The molecule has 0 saturated carbocycles. The van der Waals surface area contributed by atoms with E-state index in [0.29, 0.717) is 13.1 Å². The van der Waals surface area contributed by atoms with Crippen molar-refractivity contribution in [2.75, 3.05) is 6.54 Å². The Labute approximate surface area is 116 Å². The summed E-state index contributed by atoms with van der Waals surface area (Å²) < 4.78 is 0. The maximum Gasteiger partial charge on any atom is 0.317 e. The highest BCUT2D eigenvalue weighted by atomic mass is 32.1. The molecule has 0 fully saturated rings. The second kappa shape index (κ2) is 7.08. The molecule has 0 bridgehead atoms. The molecule has 0 aliphatic rings. The third kappa shape index (κ3) is 4.86. The molecule has 1 heterocycles. The number of nitrogens with zero attached hydrogens (tertiary/aromatic N) is 2. The summed E-state index contributed by atoms with van der Waals surface area (Å²) in [7, 11) is 0. The van der Waals surface area contributed by atoms with E-state index in [2.05, 4.69) is 10.3 Å². The second-order valence-corrected chi connectivity index (χ2v) is 5.31. The number of aliphatic carboxylic acids is 1. The second-order valence-electron chi connectivity index (χ2n) is 4.25. The number of urea groups is 1. The molecule has 1 atom stereocenters. The van der Waals surface area contributed by atoms with Crippen molar-refractivity contribution in [2.45, 2.75) is 39.8 Å². The molecule has 1 unspecified atom stereocenters. The van der Waals surface area contributed by atoms with Crippen LogP contribution in [-0.2, 0) is 11.3 Å². The number of aromatic nitrogens is 1. The molecule has 7 heteroatoms. The Morgan fingerprint density at radius 2 is 2.26 bits per heavy atom. The van der Waals surface area contributed by atoms with E-state index in [1.165, 1.54) is 16.2 Å². The van der Waals surface area contributed by atoms with Crippen LogP contribution in [0.1, 0.15) is 31.0 Å². The van der Waals surface area contributed by atoms with Gasteiger partial charge < -0.3 is 15.3 Å². The van der Waals surface area contributed by atoms with E-state index in [0.717, 1.165) is 10.7 Å². The minimum atomic E-state index is -0.908. The summed E-state index contributed by atoms with van der Waals surface area (Å²) in [5.74, 6) is -0.908. The van der Waals surface area contributed by atoms with Crippen molar-refractivity contribution in [3.05, 3.63) is 16.1 Å². The number of carbonyl (C=O) groups excluding carboxylic acids is 1. The third-order valence-electron chi connectivity index (χ3n) is 2.69.